The number of carbonyl (C=O) groups excluding carboxylic acids is 1. The van der Waals surface area contributed by atoms with E-state index < -0.39 is 0 Å². The van der Waals surface area contributed by atoms with Crippen molar-refractivity contribution in [3.8, 4) is 22.8 Å². The molecule has 5 rings (SSSR count). The van der Waals surface area contributed by atoms with Gasteiger partial charge in [0.05, 0.1) is 23.2 Å². The lowest BCUT2D eigenvalue weighted by atomic mass is 10.2. The molecule has 2 heterocycles. The van der Waals surface area contributed by atoms with Gasteiger partial charge < -0.3 is 10.1 Å². The number of carbonyl (C=O) groups is 1. The van der Waals surface area contributed by atoms with Crippen LogP contribution in [0.15, 0.2) is 77.2 Å². The van der Waals surface area contributed by atoms with Gasteiger partial charge in [0.2, 0.25) is 5.91 Å². The zero-order chi connectivity index (χ0) is 27.4. The van der Waals surface area contributed by atoms with Crippen LogP contribution in [-0.2, 0) is 18.4 Å². The topological polar surface area (TPSA) is 96.0 Å². The van der Waals surface area contributed by atoms with E-state index in [1.165, 1.54) is 29.3 Å². The molecule has 1 aliphatic carbocycles. The highest BCUT2D eigenvalue weighted by Gasteiger charge is 2.20. The fourth-order valence-electron chi connectivity index (χ4n) is 4.80. The molecule has 4 aromatic rings. The van der Waals surface area contributed by atoms with Crippen LogP contribution in [0.4, 0.5) is 5.69 Å². The lowest BCUT2D eigenvalue weighted by molar-refractivity contribution is -0.113. The second kappa shape index (κ2) is 11.8. The Hall–Kier alpha value is -4.05. The van der Waals surface area contributed by atoms with E-state index >= 15 is 0 Å². The van der Waals surface area contributed by atoms with Gasteiger partial charge in [-0.25, -0.2) is 4.68 Å². The molecule has 0 bridgehead atoms. The number of para-hydroxylation sites is 1. The molecular formula is C29H32N6O3S. The summed E-state index contributed by atoms with van der Waals surface area (Å²) in [5, 5.41) is 12.1. The summed E-state index contributed by atoms with van der Waals surface area (Å²) in [7, 11) is 1.79. The molecule has 9 nitrogen and oxygen atoms in total. The molecule has 1 aliphatic rings. The Bertz CT molecular complexity index is 1520. The third-order valence-corrected chi connectivity index (χ3v) is 7.86. The Morgan fingerprint density at radius 3 is 2.54 bits per heavy atom. The van der Waals surface area contributed by atoms with Crippen molar-refractivity contribution in [2.45, 2.75) is 50.4 Å². The summed E-state index contributed by atoms with van der Waals surface area (Å²) in [4.78, 5) is 26.0. The first-order valence-corrected chi connectivity index (χ1v) is 14.0. The Morgan fingerprint density at radius 1 is 1.13 bits per heavy atom. The molecular weight excluding hydrogens is 512 g/mol. The maximum atomic E-state index is 13.1. The van der Waals surface area contributed by atoms with Crippen LogP contribution in [0, 0.1) is 6.92 Å². The molecule has 1 saturated carbocycles. The summed E-state index contributed by atoms with van der Waals surface area (Å²) < 4.78 is 11.3. The number of amides is 1. The van der Waals surface area contributed by atoms with E-state index in [0.717, 1.165) is 29.8 Å². The van der Waals surface area contributed by atoms with E-state index in [4.69, 9.17) is 4.74 Å². The number of anilines is 1. The van der Waals surface area contributed by atoms with Crippen molar-refractivity contribution in [1.82, 2.24) is 24.1 Å². The number of allylic oxidation sites excluding steroid dienone is 1. The molecule has 0 radical (unpaired) electrons. The summed E-state index contributed by atoms with van der Waals surface area (Å²) in [6.07, 6.45) is 6.74. The average Bonchev–Trinajstić information content (AvgIpc) is 3.65. The molecule has 2 aromatic carbocycles. The van der Waals surface area contributed by atoms with Crippen LogP contribution < -0.4 is 15.6 Å². The lowest BCUT2D eigenvalue weighted by Crippen LogP contribution is -2.23. The highest BCUT2D eigenvalue weighted by Crippen LogP contribution is 2.28. The highest BCUT2D eigenvalue weighted by molar-refractivity contribution is 7.99. The van der Waals surface area contributed by atoms with E-state index in [1.54, 1.807) is 24.7 Å². The molecule has 39 heavy (non-hydrogen) atoms. The third-order valence-electron chi connectivity index (χ3n) is 6.90. The van der Waals surface area contributed by atoms with Gasteiger partial charge in [0.1, 0.15) is 11.4 Å². The van der Waals surface area contributed by atoms with Crippen LogP contribution in [0.1, 0.15) is 31.4 Å². The van der Waals surface area contributed by atoms with Gasteiger partial charge in [-0.05, 0) is 69.0 Å². The van der Waals surface area contributed by atoms with Crippen LogP contribution >= 0.6 is 11.8 Å². The Kier molecular flexibility index (Phi) is 8.02. The summed E-state index contributed by atoms with van der Waals surface area (Å²) in [6.45, 7) is 6.16. The zero-order valence-electron chi connectivity index (χ0n) is 22.2. The van der Waals surface area contributed by atoms with Crippen LogP contribution in [0.25, 0.3) is 17.1 Å². The largest absolute Gasteiger partial charge is 0.490 e. The number of aromatic nitrogens is 5. The van der Waals surface area contributed by atoms with Crippen LogP contribution in [0.3, 0.4) is 0 Å². The number of nitrogens with zero attached hydrogens (tertiary/aromatic N) is 5. The second-order valence-electron chi connectivity index (χ2n) is 9.53. The molecule has 2 aromatic heterocycles. The van der Waals surface area contributed by atoms with E-state index in [2.05, 4.69) is 22.1 Å². The molecule has 1 amide bonds. The predicted octanol–water partition coefficient (Wildman–Crippen LogP) is 4.98. The Morgan fingerprint density at radius 2 is 1.85 bits per heavy atom. The minimum Gasteiger partial charge on any atom is -0.490 e. The molecule has 10 heteroatoms. The molecule has 202 valence electrons. The van der Waals surface area contributed by atoms with Gasteiger partial charge in [-0.3, -0.25) is 18.8 Å². The van der Waals surface area contributed by atoms with Gasteiger partial charge in [-0.2, -0.15) is 0 Å². The first kappa shape index (κ1) is 26.6. The maximum absolute atomic E-state index is 13.1. The fraction of sp³-hybridized carbons (Fsp3) is 0.310. The normalized spacial score (nSPS) is 13.5. The lowest BCUT2D eigenvalue weighted by Gasteiger charge is -2.13. The van der Waals surface area contributed by atoms with Gasteiger partial charge in [-0.15, -0.1) is 16.8 Å². The number of ether oxygens (including phenoxy) is 1. The van der Waals surface area contributed by atoms with Crippen molar-refractivity contribution < 1.29 is 9.53 Å². The number of benzene rings is 2. The third kappa shape index (κ3) is 5.70. The minimum atomic E-state index is -0.297. The van der Waals surface area contributed by atoms with Crippen LogP contribution in [-0.4, -0.2) is 41.9 Å². The van der Waals surface area contributed by atoms with E-state index in [9.17, 15) is 9.59 Å². The number of thioether (sulfide) groups is 1. The Labute approximate surface area is 231 Å². The molecule has 0 aliphatic heterocycles. The summed E-state index contributed by atoms with van der Waals surface area (Å²) >= 11 is 1.26. The van der Waals surface area contributed by atoms with Gasteiger partial charge in [-0.1, -0.05) is 36.0 Å². The molecule has 1 fully saturated rings. The summed E-state index contributed by atoms with van der Waals surface area (Å²) in [5.74, 6) is 1.32. The van der Waals surface area contributed by atoms with E-state index in [1.807, 2.05) is 59.2 Å². The monoisotopic (exact) mass is 544 g/mol. The van der Waals surface area contributed by atoms with Crippen molar-refractivity contribution in [2.24, 2.45) is 7.05 Å². The van der Waals surface area contributed by atoms with Crippen LogP contribution in [0.5, 0.6) is 5.75 Å². The van der Waals surface area contributed by atoms with Gasteiger partial charge in [0, 0.05) is 19.2 Å². The first-order chi connectivity index (χ1) is 19.0. The predicted molar refractivity (Wildman–Crippen MR) is 154 cm³/mol. The number of hydrogen-bond acceptors (Lipinski definition) is 6. The Balaban J connectivity index is 1.28. The van der Waals surface area contributed by atoms with E-state index in [-0.39, 0.29) is 22.9 Å². The molecule has 0 saturated heterocycles. The smallest absolute Gasteiger partial charge is 0.295 e. The van der Waals surface area contributed by atoms with Gasteiger partial charge in [0.15, 0.2) is 11.0 Å². The molecule has 0 spiro atoms. The highest BCUT2D eigenvalue weighted by atomic mass is 32.2. The standard InChI is InChI=1S/C29H32N6O3S/c1-4-18-34-27(21-14-16-24(17-15-21)38-23-12-8-9-13-23)31-32-29(34)39-19-25(36)30-26-20(2)33(3)35(28(26)37)22-10-6-5-7-11-22/h4-7,10-11,14-17,23H,1,8-9,12-13,18-19H2,2-3H3,(H,30,36). The van der Waals surface area contributed by atoms with Crippen molar-refractivity contribution >= 4 is 23.4 Å². The van der Waals surface area contributed by atoms with Gasteiger partial charge >= 0.3 is 0 Å². The maximum Gasteiger partial charge on any atom is 0.295 e. The SMILES string of the molecule is C=CCn1c(SCC(=O)Nc2c(C)n(C)n(-c3ccccc3)c2=O)nnc1-c1ccc(OC2CCCC2)cc1. The average molecular weight is 545 g/mol. The second-order valence-corrected chi connectivity index (χ2v) is 10.5. The number of nitrogens with one attached hydrogen (secondary N) is 1. The first-order valence-electron chi connectivity index (χ1n) is 13.0. The summed E-state index contributed by atoms with van der Waals surface area (Å²) in [6, 6.07) is 17.2. The quantitative estimate of drug-likeness (QED) is 0.223. The van der Waals surface area contributed by atoms with Crippen molar-refractivity contribution in [3.05, 3.63) is 83.3 Å². The van der Waals surface area contributed by atoms with Crippen molar-refractivity contribution in [2.75, 3.05) is 11.1 Å². The van der Waals surface area contributed by atoms with Crippen LogP contribution in [0.2, 0.25) is 0 Å². The minimum absolute atomic E-state index is 0.0720. The van der Waals surface area contributed by atoms with Crippen molar-refractivity contribution in [1.29, 1.82) is 0 Å². The number of rotatable bonds is 10. The van der Waals surface area contributed by atoms with E-state index in [0.29, 0.717) is 29.3 Å². The molecule has 0 unspecified atom stereocenters. The molecule has 0 atom stereocenters. The molecule has 1 N–H and O–H groups in total. The summed E-state index contributed by atoms with van der Waals surface area (Å²) in [5.41, 5.74) is 2.28. The van der Waals surface area contributed by atoms with Crippen molar-refractivity contribution in [3.63, 3.8) is 0 Å². The number of hydrogen-bond donors (Lipinski definition) is 1. The fourth-order valence-corrected chi connectivity index (χ4v) is 5.55. The van der Waals surface area contributed by atoms with Gasteiger partial charge in [0.25, 0.3) is 5.56 Å². The zero-order valence-corrected chi connectivity index (χ0v) is 23.0.